The van der Waals surface area contributed by atoms with E-state index in [1.165, 1.54) is 12.1 Å². The molecule has 1 aliphatic rings. The summed E-state index contributed by atoms with van der Waals surface area (Å²) in [5.74, 6) is -0.947. The molecule has 1 saturated carbocycles. The summed E-state index contributed by atoms with van der Waals surface area (Å²) in [6, 6.07) is 4.51. The number of nitrogens with zero attached hydrogens (tertiary/aromatic N) is 2. The number of alkyl halides is 3. The lowest BCUT2D eigenvalue weighted by Crippen LogP contribution is -2.19. The van der Waals surface area contributed by atoms with Crippen LogP contribution in [0.15, 0.2) is 24.3 Å². The Hall–Kier alpha value is -2.09. The molecule has 0 aliphatic heterocycles. The smallest absolute Gasteiger partial charge is 0.351 e. The fraction of sp³-hybridized carbons (Fsp3) is 0.375. The minimum atomic E-state index is -4.64. The monoisotopic (exact) mass is 374 g/mol. The van der Waals surface area contributed by atoms with Crippen LogP contribution in [-0.2, 0) is 6.18 Å². The zero-order valence-electron chi connectivity index (χ0n) is 13.0. The van der Waals surface area contributed by atoms with Crippen LogP contribution in [0, 0.1) is 5.82 Å². The van der Waals surface area contributed by atoms with Crippen molar-refractivity contribution in [2.24, 2.45) is 0 Å². The Balaban J connectivity index is 1.92. The normalized spacial score (nSPS) is 15.4. The van der Waals surface area contributed by atoms with Crippen LogP contribution in [0.25, 0.3) is 0 Å². The van der Waals surface area contributed by atoms with Gasteiger partial charge in [0.05, 0.1) is 5.69 Å². The van der Waals surface area contributed by atoms with E-state index in [0.717, 1.165) is 37.8 Å². The summed E-state index contributed by atoms with van der Waals surface area (Å²) < 4.78 is 53.1. The number of benzene rings is 1. The van der Waals surface area contributed by atoms with Gasteiger partial charge in [0, 0.05) is 17.1 Å². The summed E-state index contributed by atoms with van der Waals surface area (Å²) in [5.41, 5.74) is -1.17. The number of nitrogens with one attached hydrogen (secondary N) is 2. The molecule has 0 radical (unpaired) electrons. The number of rotatable bonds is 4. The van der Waals surface area contributed by atoms with E-state index in [4.69, 9.17) is 11.6 Å². The number of hydrogen-bond acceptors (Lipinski definition) is 4. The fourth-order valence-electron chi connectivity index (χ4n) is 2.71. The lowest BCUT2D eigenvalue weighted by atomic mass is 10.2. The third-order valence-corrected chi connectivity index (χ3v) is 4.13. The summed E-state index contributed by atoms with van der Waals surface area (Å²) in [5, 5.41) is 5.71. The van der Waals surface area contributed by atoms with Gasteiger partial charge in [-0.05, 0) is 31.0 Å². The van der Waals surface area contributed by atoms with E-state index < -0.39 is 17.7 Å². The van der Waals surface area contributed by atoms with Gasteiger partial charge in [-0.1, -0.05) is 24.4 Å². The van der Waals surface area contributed by atoms with Crippen molar-refractivity contribution in [1.82, 2.24) is 9.97 Å². The molecule has 4 nitrogen and oxygen atoms in total. The van der Waals surface area contributed by atoms with Crippen molar-refractivity contribution in [3.63, 3.8) is 0 Å². The SMILES string of the molecule is Fc1ccc(Cl)cc1Nc1cc(C(F)(F)F)nc(NC2CCCC2)n1. The topological polar surface area (TPSA) is 49.8 Å². The molecular formula is C16H15ClF4N4. The van der Waals surface area contributed by atoms with Gasteiger partial charge in [-0.2, -0.15) is 18.2 Å². The summed E-state index contributed by atoms with van der Waals surface area (Å²) >= 11 is 5.80. The van der Waals surface area contributed by atoms with Gasteiger partial charge < -0.3 is 10.6 Å². The van der Waals surface area contributed by atoms with Crippen molar-refractivity contribution < 1.29 is 17.6 Å². The van der Waals surface area contributed by atoms with Crippen LogP contribution >= 0.6 is 11.6 Å². The van der Waals surface area contributed by atoms with E-state index in [9.17, 15) is 17.6 Å². The van der Waals surface area contributed by atoms with E-state index in [1.54, 1.807) is 0 Å². The van der Waals surface area contributed by atoms with Crippen LogP contribution in [0.3, 0.4) is 0 Å². The van der Waals surface area contributed by atoms with Crippen molar-refractivity contribution in [1.29, 1.82) is 0 Å². The zero-order chi connectivity index (χ0) is 18.0. The van der Waals surface area contributed by atoms with Crippen LogP contribution in [0.1, 0.15) is 31.4 Å². The summed E-state index contributed by atoms with van der Waals surface area (Å²) in [6.45, 7) is 0. The van der Waals surface area contributed by atoms with Gasteiger partial charge in [0.2, 0.25) is 5.95 Å². The Labute approximate surface area is 146 Å². The molecule has 0 spiro atoms. The first kappa shape index (κ1) is 17.7. The molecule has 1 heterocycles. The van der Waals surface area contributed by atoms with Crippen molar-refractivity contribution in [3.8, 4) is 0 Å². The Morgan fingerprint density at radius 1 is 1.08 bits per heavy atom. The van der Waals surface area contributed by atoms with Gasteiger partial charge in [-0.3, -0.25) is 0 Å². The Bertz CT molecular complexity index is 760. The van der Waals surface area contributed by atoms with Crippen LogP contribution in [0.4, 0.5) is 35.0 Å². The average molecular weight is 375 g/mol. The van der Waals surface area contributed by atoms with Gasteiger partial charge in [0.15, 0.2) is 5.69 Å². The highest BCUT2D eigenvalue weighted by atomic mass is 35.5. The van der Waals surface area contributed by atoms with Gasteiger partial charge >= 0.3 is 6.18 Å². The molecule has 1 fully saturated rings. The molecular weight excluding hydrogens is 360 g/mol. The highest BCUT2D eigenvalue weighted by molar-refractivity contribution is 6.30. The number of halogens is 5. The van der Waals surface area contributed by atoms with Gasteiger partial charge in [-0.15, -0.1) is 0 Å². The average Bonchev–Trinajstić information content (AvgIpc) is 3.03. The van der Waals surface area contributed by atoms with E-state index in [-0.39, 0.29) is 28.5 Å². The standard InChI is InChI=1S/C16H15ClF4N4/c17-9-5-6-11(18)12(7-9)23-14-8-13(16(19,20)21)24-15(25-14)22-10-3-1-2-4-10/h5-8,10H,1-4H2,(H2,22,23,24,25). The van der Waals surface area contributed by atoms with E-state index in [2.05, 4.69) is 20.6 Å². The molecule has 2 N–H and O–H groups in total. The lowest BCUT2D eigenvalue weighted by Gasteiger charge is -2.16. The molecule has 1 aromatic heterocycles. The lowest BCUT2D eigenvalue weighted by molar-refractivity contribution is -0.141. The van der Waals surface area contributed by atoms with Crippen molar-refractivity contribution >= 4 is 29.1 Å². The maximum Gasteiger partial charge on any atom is 0.433 e. The minimum absolute atomic E-state index is 0.0410. The first-order valence-electron chi connectivity index (χ1n) is 7.76. The quantitative estimate of drug-likeness (QED) is 0.705. The molecule has 1 aliphatic carbocycles. The summed E-state index contributed by atoms with van der Waals surface area (Å²) in [7, 11) is 0. The second-order valence-electron chi connectivity index (χ2n) is 5.83. The zero-order valence-corrected chi connectivity index (χ0v) is 13.8. The van der Waals surface area contributed by atoms with Crippen LogP contribution in [-0.4, -0.2) is 16.0 Å². The van der Waals surface area contributed by atoms with Gasteiger partial charge in [-0.25, -0.2) is 9.37 Å². The number of hydrogen-bond donors (Lipinski definition) is 2. The Morgan fingerprint density at radius 3 is 2.48 bits per heavy atom. The van der Waals surface area contributed by atoms with E-state index in [0.29, 0.717) is 0 Å². The van der Waals surface area contributed by atoms with Crippen LogP contribution < -0.4 is 10.6 Å². The molecule has 2 aromatic rings. The predicted molar refractivity (Wildman–Crippen MR) is 87.6 cm³/mol. The molecule has 3 rings (SSSR count). The second kappa shape index (κ2) is 7.03. The molecule has 0 saturated heterocycles. The Kier molecular flexibility index (Phi) is 4.99. The predicted octanol–water partition coefficient (Wildman–Crippen LogP) is 5.39. The number of aromatic nitrogens is 2. The molecule has 9 heteroatoms. The fourth-order valence-corrected chi connectivity index (χ4v) is 2.88. The molecule has 0 amide bonds. The van der Waals surface area contributed by atoms with Crippen LogP contribution in [0.2, 0.25) is 5.02 Å². The van der Waals surface area contributed by atoms with Crippen molar-refractivity contribution in [3.05, 3.63) is 40.8 Å². The summed E-state index contributed by atoms with van der Waals surface area (Å²) in [6.07, 6.45) is -0.917. The van der Waals surface area contributed by atoms with Crippen molar-refractivity contribution in [2.45, 2.75) is 37.9 Å². The molecule has 0 bridgehead atoms. The molecule has 134 valence electrons. The van der Waals surface area contributed by atoms with Crippen LogP contribution in [0.5, 0.6) is 0 Å². The third-order valence-electron chi connectivity index (χ3n) is 3.90. The molecule has 0 unspecified atom stereocenters. The maximum absolute atomic E-state index is 13.8. The van der Waals surface area contributed by atoms with Gasteiger partial charge in [0.25, 0.3) is 0 Å². The minimum Gasteiger partial charge on any atom is -0.351 e. The first-order chi connectivity index (χ1) is 11.8. The van der Waals surface area contributed by atoms with E-state index >= 15 is 0 Å². The first-order valence-corrected chi connectivity index (χ1v) is 8.14. The highest BCUT2D eigenvalue weighted by Gasteiger charge is 2.34. The third kappa shape index (κ3) is 4.50. The van der Waals surface area contributed by atoms with E-state index in [1.807, 2.05) is 0 Å². The molecule has 0 atom stereocenters. The number of anilines is 3. The molecule has 1 aromatic carbocycles. The maximum atomic E-state index is 13.8. The second-order valence-corrected chi connectivity index (χ2v) is 6.27. The largest absolute Gasteiger partial charge is 0.433 e. The van der Waals surface area contributed by atoms with Crippen molar-refractivity contribution in [2.75, 3.05) is 10.6 Å². The summed E-state index contributed by atoms with van der Waals surface area (Å²) in [4.78, 5) is 7.58. The Morgan fingerprint density at radius 2 is 1.80 bits per heavy atom. The molecule has 25 heavy (non-hydrogen) atoms. The van der Waals surface area contributed by atoms with Gasteiger partial charge in [0.1, 0.15) is 11.6 Å². The highest BCUT2D eigenvalue weighted by Crippen LogP contribution is 2.32.